The van der Waals surface area contributed by atoms with Gasteiger partial charge in [-0.25, -0.2) is 9.97 Å². The Hall–Kier alpha value is -2.40. The Morgan fingerprint density at radius 1 is 1.00 bits per heavy atom. The number of aromatic nitrogens is 2. The second kappa shape index (κ2) is 8.43. The van der Waals surface area contributed by atoms with E-state index in [4.69, 9.17) is 9.97 Å². The van der Waals surface area contributed by atoms with E-state index in [2.05, 4.69) is 30.4 Å². The van der Waals surface area contributed by atoms with E-state index >= 15 is 0 Å². The summed E-state index contributed by atoms with van der Waals surface area (Å²) in [5.41, 5.74) is 3.26. The van der Waals surface area contributed by atoms with Crippen molar-refractivity contribution >= 4 is 28.6 Å². The molecule has 0 aliphatic heterocycles. The fourth-order valence-corrected chi connectivity index (χ4v) is 7.73. The predicted octanol–water partition coefficient (Wildman–Crippen LogP) is 6.04. The maximum absolute atomic E-state index is 13.1. The van der Waals surface area contributed by atoms with Crippen LogP contribution in [-0.4, -0.2) is 27.2 Å². The maximum Gasteiger partial charge on any atom is 0.230 e. The van der Waals surface area contributed by atoms with Crippen LogP contribution in [-0.2, 0) is 11.2 Å². The van der Waals surface area contributed by atoms with Gasteiger partial charge in [-0.2, -0.15) is 0 Å². The summed E-state index contributed by atoms with van der Waals surface area (Å²) in [6.45, 7) is 2.16. The molecular formula is C28H31N3OS. The van der Waals surface area contributed by atoms with Crippen molar-refractivity contribution in [2.45, 2.75) is 62.4 Å². The van der Waals surface area contributed by atoms with E-state index in [1.807, 2.05) is 30.3 Å². The first-order valence-corrected chi connectivity index (χ1v) is 13.4. The van der Waals surface area contributed by atoms with Crippen molar-refractivity contribution < 1.29 is 4.79 Å². The monoisotopic (exact) mass is 457 g/mol. The topological polar surface area (TPSA) is 54.9 Å². The third kappa shape index (κ3) is 4.16. The minimum Gasteiger partial charge on any atom is -0.350 e. The minimum atomic E-state index is 0.0602. The molecule has 2 aromatic carbocycles. The molecule has 1 heterocycles. The van der Waals surface area contributed by atoms with Gasteiger partial charge in [-0.15, -0.1) is 0 Å². The van der Waals surface area contributed by atoms with Gasteiger partial charge in [0.25, 0.3) is 0 Å². The zero-order chi connectivity index (χ0) is 22.4. The number of amides is 1. The van der Waals surface area contributed by atoms with Crippen molar-refractivity contribution in [3.8, 4) is 11.4 Å². The molecule has 4 nitrogen and oxygen atoms in total. The van der Waals surface area contributed by atoms with E-state index in [-0.39, 0.29) is 11.4 Å². The van der Waals surface area contributed by atoms with Gasteiger partial charge in [0, 0.05) is 16.5 Å². The number of nitrogens with zero attached hydrogens (tertiary/aromatic N) is 2. The summed E-state index contributed by atoms with van der Waals surface area (Å²) in [7, 11) is 0. The van der Waals surface area contributed by atoms with Crippen LogP contribution in [0.5, 0.6) is 0 Å². The van der Waals surface area contributed by atoms with Crippen molar-refractivity contribution in [3.05, 3.63) is 54.1 Å². The molecule has 4 fully saturated rings. The van der Waals surface area contributed by atoms with Crippen LogP contribution in [0.15, 0.2) is 53.6 Å². The number of hydrogen-bond donors (Lipinski definition) is 1. The summed E-state index contributed by atoms with van der Waals surface area (Å²) in [6, 6.07) is 16.5. The minimum absolute atomic E-state index is 0.0602. The van der Waals surface area contributed by atoms with E-state index < -0.39 is 0 Å². The van der Waals surface area contributed by atoms with Crippen molar-refractivity contribution in [3.63, 3.8) is 0 Å². The normalized spacial score (nSPS) is 27.7. The van der Waals surface area contributed by atoms with Crippen molar-refractivity contribution in [2.24, 2.45) is 17.8 Å². The summed E-state index contributed by atoms with van der Waals surface area (Å²) < 4.78 is 0. The van der Waals surface area contributed by atoms with Crippen LogP contribution in [0.2, 0.25) is 0 Å². The Morgan fingerprint density at radius 3 is 2.36 bits per heavy atom. The van der Waals surface area contributed by atoms with E-state index in [9.17, 15) is 4.79 Å². The molecule has 5 heteroatoms. The summed E-state index contributed by atoms with van der Waals surface area (Å²) in [5.74, 6) is 3.76. The number of benzene rings is 2. The second-order valence-electron chi connectivity index (χ2n) is 10.5. The number of rotatable bonds is 6. The number of nitrogens with one attached hydrogen (secondary N) is 1. The Morgan fingerprint density at radius 2 is 1.70 bits per heavy atom. The molecule has 4 saturated carbocycles. The van der Waals surface area contributed by atoms with Crippen molar-refractivity contribution in [2.75, 3.05) is 5.75 Å². The predicted molar refractivity (Wildman–Crippen MR) is 134 cm³/mol. The Bertz CT molecular complexity index is 1160. The van der Waals surface area contributed by atoms with Crippen molar-refractivity contribution in [1.82, 2.24) is 15.3 Å². The van der Waals surface area contributed by atoms with E-state index in [1.165, 1.54) is 44.1 Å². The Kier molecular flexibility index (Phi) is 5.40. The highest BCUT2D eigenvalue weighted by molar-refractivity contribution is 8.00. The van der Waals surface area contributed by atoms with Crippen LogP contribution < -0.4 is 5.32 Å². The van der Waals surface area contributed by atoms with Crippen LogP contribution in [0.4, 0.5) is 0 Å². The summed E-state index contributed by atoms with van der Waals surface area (Å²) in [6.07, 6.45) is 8.68. The molecule has 170 valence electrons. The number of thioether (sulfide) groups is 1. The third-order valence-electron chi connectivity index (χ3n) is 7.95. The fraction of sp³-hybridized carbons (Fsp3) is 0.464. The number of aryl methyl sites for hydroxylation is 1. The molecule has 0 saturated heterocycles. The van der Waals surface area contributed by atoms with Gasteiger partial charge in [-0.05, 0) is 80.4 Å². The average Bonchev–Trinajstić information content (AvgIpc) is 2.81. The SMILES string of the molecule is CCc1ccc2nc(-c3ccccc3)nc(SCC(=O)NC34CC5CC(CC(C5)C3)C4)c2c1. The van der Waals surface area contributed by atoms with Gasteiger partial charge in [0.2, 0.25) is 5.91 Å². The molecule has 4 aliphatic rings. The van der Waals surface area contributed by atoms with Gasteiger partial charge in [0.05, 0.1) is 11.3 Å². The summed E-state index contributed by atoms with van der Waals surface area (Å²) >= 11 is 1.55. The quantitative estimate of drug-likeness (QED) is 0.362. The van der Waals surface area contributed by atoms with E-state index in [0.717, 1.165) is 51.5 Å². The Balaban J connectivity index is 1.25. The molecule has 0 unspecified atom stereocenters. The second-order valence-corrected chi connectivity index (χ2v) is 11.4. The number of carbonyl (C=O) groups excluding carboxylic acids is 1. The molecule has 4 bridgehead atoms. The van der Waals surface area contributed by atoms with Crippen molar-refractivity contribution in [1.29, 1.82) is 0 Å². The molecular weight excluding hydrogens is 426 g/mol. The first-order chi connectivity index (χ1) is 16.1. The van der Waals surface area contributed by atoms with E-state index in [1.54, 1.807) is 11.8 Å². The van der Waals surface area contributed by atoms with Crippen LogP contribution in [0.1, 0.15) is 51.0 Å². The zero-order valence-electron chi connectivity index (χ0n) is 19.2. The first kappa shape index (κ1) is 21.2. The standard InChI is InChI=1S/C28H31N3OS/c1-2-18-8-9-24-23(13-18)27(30-26(29-24)22-6-4-3-5-7-22)33-17-25(32)31-28-14-19-10-20(15-28)12-21(11-19)16-28/h3-9,13,19-21H,2,10-12,14-17H2,1H3,(H,31,32). The lowest BCUT2D eigenvalue weighted by Gasteiger charge is -2.56. The molecule has 0 atom stereocenters. The molecule has 7 rings (SSSR count). The van der Waals surface area contributed by atoms with Gasteiger partial charge >= 0.3 is 0 Å². The lowest BCUT2D eigenvalue weighted by Crippen LogP contribution is -2.60. The highest BCUT2D eigenvalue weighted by Crippen LogP contribution is 2.55. The molecule has 0 radical (unpaired) electrons. The molecule has 33 heavy (non-hydrogen) atoms. The molecule has 0 spiro atoms. The first-order valence-electron chi connectivity index (χ1n) is 12.4. The molecule has 1 N–H and O–H groups in total. The Labute approximate surface area is 200 Å². The molecule has 1 aromatic heterocycles. The van der Waals surface area contributed by atoms with Crippen LogP contribution >= 0.6 is 11.8 Å². The number of carbonyl (C=O) groups is 1. The lowest BCUT2D eigenvalue weighted by atomic mass is 9.53. The number of hydrogen-bond acceptors (Lipinski definition) is 4. The third-order valence-corrected chi connectivity index (χ3v) is 8.94. The van der Waals surface area contributed by atoms with Gasteiger partial charge in [-0.1, -0.05) is 55.1 Å². The number of fused-ring (bicyclic) bond motifs is 1. The molecule has 4 aliphatic carbocycles. The van der Waals surface area contributed by atoms with Crippen LogP contribution in [0.3, 0.4) is 0 Å². The summed E-state index contributed by atoms with van der Waals surface area (Å²) in [4.78, 5) is 22.9. The van der Waals surface area contributed by atoms with Crippen LogP contribution in [0, 0.1) is 17.8 Å². The largest absolute Gasteiger partial charge is 0.350 e. The summed E-state index contributed by atoms with van der Waals surface area (Å²) in [5, 5.41) is 5.45. The molecule has 3 aromatic rings. The fourth-order valence-electron chi connectivity index (χ4n) is 6.92. The van der Waals surface area contributed by atoms with E-state index in [0.29, 0.717) is 5.75 Å². The van der Waals surface area contributed by atoms with Gasteiger partial charge in [0.15, 0.2) is 5.82 Å². The van der Waals surface area contributed by atoms with Gasteiger partial charge < -0.3 is 5.32 Å². The lowest BCUT2D eigenvalue weighted by molar-refractivity contribution is -0.124. The zero-order valence-corrected chi connectivity index (χ0v) is 20.0. The highest BCUT2D eigenvalue weighted by atomic mass is 32.2. The highest BCUT2D eigenvalue weighted by Gasteiger charge is 2.51. The molecule has 1 amide bonds. The maximum atomic E-state index is 13.1. The average molecular weight is 458 g/mol. The van der Waals surface area contributed by atoms with Gasteiger partial charge in [0.1, 0.15) is 5.03 Å². The smallest absolute Gasteiger partial charge is 0.230 e. The van der Waals surface area contributed by atoms with Gasteiger partial charge in [-0.3, -0.25) is 4.79 Å². The van der Waals surface area contributed by atoms with Crippen LogP contribution in [0.25, 0.3) is 22.3 Å².